The maximum Gasteiger partial charge on any atom is 0.312 e. The molecule has 1 rings (SSSR count). The van der Waals surface area contributed by atoms with Gasteiger partial charge in [0.15, 0.2) is 5.60 Å². The number of nitriles is 1. The van der Waals surface area contributed by atoms with E-state index in [-0.39, 0.29) is 6.61 Å². The van der Waals surface area contributed by atoms with Crippen LogP contribution < -0.4 is 0 Å². The second kappa shape index (κ2) is 3.75. The molecule has 0 spiro atoms. The van der Waals surface area contributed by atoms with E-state index in [1.54, 1.807) is 13.0 Å². The van der Waals surface area contributed by atoms with Gasteiger partial charge in [-0.1, -0.05) is 0 Å². The molecule has 0 heterocycles. The second-order valence-electron chi connectivity index (χ2n) is 3.23. The highest BCUT2D eigenvalue weighted by Gasteiger charge is 2.46. The Labute approximate surface area is 77.1 Å². The van der Waals surface area contributed by atoms with Crippen LogP contribution in [0.15, 0.2) is 0 Å². The van der Waals surface area contributed by atoms with Gasteiger partial charge in [0.2, 0.25) is 0 Å². The zero-order valence-corrected chi connectivity index (χ0v) is 7.62. The third-order valence-electron chi connectivity index (χ3n) is 2.39. The summed E-state index contributed by atoms with van der Waals surface area (Å²) in [5.74, 6) is -1.11. The zero-order chi connectivity index (χ0) is 9.90. The van der Waals surface area contributed by atoms with Crippen molar-refractivity contribution in [2.45, 2.75) is 31.8 Å². The Morgan fingerprint density at radius 3 is 3.08 bits per heavy atom. The topological polar surface area (TPSA) is 70.3 Å². The molecule has 0 aromatic heterocycles. The van der Waals surface area contributed by atoms with E-state index in [0.717, 1.165) is 0 Å². The van der Waals surface area contributed by atoms with Gasteiger partial charge < -0.3 is 9.84 Å². The van der Waals surface area contributed by atoms with E-state index in [9.17, 15) is 9.90 Å². The first kappa shape index (κ1) is 10.0. The van der Waals surface area contributed by atoms with Crippen LogP contribution in [0, 0.1) is 17.2 Å². The van der Waals surface area contributed by atoms with E-state index >= 15 is 0 Å². The first-order chi connectivity index (χ1) is 6.14. The second-order valence-corrected chi connectivity index (χ2v) is 3.23. The number of hydrogen-bond acceptors (Lipinski definition) is 4. The van der Waals surface area contributed by atoms with Crippen molar-refractivity contribution in [1.29, 1.82) is 5.26 Å². The summed E-state index contributed by atoms with van der Waals surface area (Å²) in [6.45, 7) is 2.00. The lowest BCUT2D eigenvalue weighted by atomic mass is 9.92. The molecular formula is C9H13NO3. The molecule has 0 saturated heterocycles. The summed E-state index contributed by atoms with van der Waals surface area (Å²) < 4.78 is 4.77. The van der Waals surface area contributed by atoms with Crippen LogP contribution in [0.2, 0.25) is 0 Å². The molecule has 4 nitrogen and oxygen atoms in total. The van der Waals surface area contributed by atoms with Crippen LogP contribution in [0.5, 0.6) is 0 Å². The fourth-order valence-electron chi connectivity index (χ4n) is 1.68. The van der Waals surface area contributed by atoms with Crippen molar-refractivity contribution < 1.29 is 14.6 Å². The standard InChI is InChI=1S/C9H13NO3/c1-2-13-8(11)7-4-3-5-9(7,12)6-10/h7,12H,2-5H2,1H3/t7-,9-/m1/s1. The fourth-order valence-corrected chi connectivity index (χ4v) is 1.68. The van der Waals surface area contributed by atoms with E-state index < -0.39 is 17.5 Å². The Bertz CT molecular complexity index is 246. The third kappa shape index (κ3) is 1.81. The maximum atomic E-state index is 11.3. The Kier molecular flexibility index (Phi) is 2.89. The molecule has 0 radical (unpaired) electrons. The van der Waals surface area contributed by atoms with Gasteiger partial charge in [0.25, 0.3) is 0 Å². The summed E-state index contributed by atoms with van der Waals surface area (Å²) in [5, 5.41) is 18.4. The number of carbonyl (C=O) groups excluding carboxylic acids is 1. The number of esters is 1. The van der Waals surface area contributed by atoms with Crippen molar-refractivity contribution in [3.05, 3.63) is 0 Å². The average Bonchev–Trinajstić information content (AvgIpc) is 2.49. The van der Waals surface area contributed by atoms with Gasteiger partial charge in [-0.25, -0.2) is 0 Å². The monoisotopic (exact) mass is 183 g/mol. The first-order valence-corrected chi connectivity index (χ1v) is 4.44. The quantitative estimate of drug-likeness (QED) is 0.503. The highest BCUT2D eigenvalue weighted by Crippen LogP contribution is 2.35. The SMILES string of the molecule is CCOC(=O)[C@H]1CCC[C@@]1(O)C#N. The Morgan fingerprint density at radius 2 is 2.54 bits per heavy atom. The van der Waals surface area contributed by atoms with Crippen LogP contribution >= 0.6 is 0 Å². The van der Waals surface area contributed by atoms with Crippen molar-refractivity contribution in [1.82, 2.24) is 0 Å². The molecule has 1 aliphatic carbocycles. The molecule has 1 saturated carbocycles. The minimum atomic E-state index is -1.49. The fraction of sp³-hybridized carbons (Fsp3) is 0.778. The third-order valence-corrected chi connectivity index (χ3v) is 2.39. The van der Waals surface area contributed by atoms with Gasteiger partial charge in [-0.3, -0.25) is 4.79 Å². The number of hydrogen-bond donors (Lipinski definition) is 1. The molecule has 72 valence electrons. The van der Waals surface area contributed by atoms with Crippen molar-refractivity contribution in [3.63, 3.8) is 0 Å². The molecule has 13 heavy (non-hydrogen) atoms. The van der Waals surface area contributed by atoms with Gasteiger partial charge in [0.05, 0.1) is 18.6 Å². The molecule has 4 heteroatoms. The molecular weight excluding hydrogens is 170 g/mol. The van der Waals surface area contributed by atoms with E-state index in [2.05, 4.69) is 0 Å². The lowest BCUT2D eigenvalue weighted by Gasteiger charge is -2.20. The zero-order valence-electron chi connectivity index (χ0n) is 7.62. The van der Waals surface area contributed by atoms with Crippen LogP contribution in [0.4, 0.5) is 0 Å². The van der Waals surface area contributed by atoms with Gasteiger partial charge in [0.1, 0.15) is 0 Å². The largest absolute Gasteiger partial charge is 0.466 e. The summed E-state index contributed by atoms with van der Waals surface area (Å²) in [6, 6.07) is 1.78. The number of aliphatic hydroxyl groups is 1. The van der Waals surface area contributed by atoms with Gasteiger partial charge in [0, 0.05) is 0 Å². The molecule has 2 atom stereocenters. The van der Waals surface area contributed by atoms with Crippen molar-refractivity contribution in [3.8, 4) is 6.07 Å². The predicted molar refractivity (Wildman–Crippen MR) is 44.5 cm³/mol. The summed E-state index contributed by atoms with van der Waals surface area (Å²) in [4.78, 5) is 11.3. The maximum absolute atomic E-state index is 11.3. The van der Waals surface area contributed by atoms with Crippen LogP contribution in [0.25, 0.3) is 0 Å². The molecule has 0 aliphatic heterocycles. The molecule has 0 bridgehead atoms. The molecule has 0 aromatic rings. The number of nitrogens with zero attached hydrogens (tertiary/aromatic N) is 1. The molecule has 0 unspecified atom stereocenters. The first-order valence-electron chi connectivity index (χ1n) is 4.44. The summed E-state index contributed by atoms with van der Waals surface area (Å²) in [7, 11) is 0. The average molecular weight is 183 g/mol. The lowest BCUT2D eigenvalue weighted by Crippen LogP contribution is -2.37. The number of rotatable bonds is 2. The lowest BCUT2D eigenvalue weighted by molar-refractivity contribution is -0.153. The van der Waals surface area contributed by atoms with Crippen LogP contribution in [0.1, 0.15) is 26.2 Å². The van der Waals surface area contributed by atoms with Crippen LogP contribution in [-0.2, 0) is 9.53 Å². The smallest absolute Gasteiger partial charge is 0.312 e. The summed E-state index contributed by atoms with van der Waals surface area (Å²) in [6.07, 6.45) is 1.61. The molecule has 0 aromatic carbocycles. The minimum absolute atomic E-state index is 0.289. The van der Waals surface area contributed by atoms with Crippen LogP contribution in [-0.4, -0.2) is 23.3 Å². The van der Waals surface area contributed by atoms with Gasteiger partial charge in [-0.05, 0) is 26.2 Å². The molecule has 1 fully saturated rings. The molecule has 1 aliphatic rings. The van der Waals surface area contributed by atoms with E-state index in [0.29, 0.717) is 19.3 Å². The normalized spacial score (nSPS) is 32.5. The van der Waals surface area contributed by atoms with Gasteiger partial charge >= 0.3 is 5.97 Å². The van der Waals surface area contributed by atoms with Crippen molar-refractivity contribution in [2.24, 2.45) is 5.92 Å². The van der Waals surface area contributed by atoms with Crippen molar-refractivity contribution in [2.75, 3.05) is 6.61 Å². The summed E-state index contributed by atoms with van der Waals surface area (Å²) >= 11 is 0. The van der Waals surface area contributed by atoms with Gasteiger partial charge in [-0.2, -0.15) is 5.26 Å². The Balaban J connectivity index is 2.70. The Morgan fingerprint density at radius 1 is 1.85 bits per heavy atom. The number of ether oxygens (including phenoxy) is 1. The summed E-state index contributed by atoms with van der Waals surface area (Å²) in [5.41, 5.74) is -1.49. The minimum Gasteiger partial charge on any atom is -0.466 e. The van der Waals surface area contributed by atoms with E-state index in [4.69, 9.17) is 10.00 Å². The predicted octanol–water partition coefficient (Wildman–Crippen LogP) is 0.604. The molecule has 0 amide bonds. The van der Waals surface area contributed by atoms with Crippen LogP contribution in [0.3, 0.4) is 0 Å². The molecule has 1 N–H and O–H groups in total. The highest BCUT2D eigenvalue weighted by atomic mass is 16.5. The number of carbonyl (C=O) groups is 1. The van der Waals surface area contributed by atoms with E-state index in [1.807, 2.05) is 0 Å². The van der Waals surface area contributed by atoms with Gasteiger partial charge in [-0.15, -0.1) is 0 Å². The highest BCUT2D eigenvalue weighted by molar-refractivity contribution is 5.75. The van der Waals surface area contributed by atoms with Crippen molar-refractivity contribution >= 4 is 5.97 Å². The van der Waals surface area contributed by atoms with E-state index in [1.165, 1.54) is 0 Å². The Hall–Kier alpha value is -1.08.